The molecule has 2 heterocycles. The number of pyridine rings is 1. The van der Waals surface area contributed by atoms with Crippen molar-refractivity contribution in [3.63, 3.8) is 0 Å². The Kier molecular flexibility index (Phi) is 3.29. The topological polar surface area (TPSA) is 78.5 Å². The van der Waals surface area contributed by atoms with Gasteiger partial charge >= 0.3 is 11.6 Å². The molecule has 22 heavy (non-hydrogen) atoms. The first kappa shape index (κ1) is 14.1. The highest BCUT2D eigenvalue weighted by atomic mass is 16.5. The molecule has 0 aliphatic carbocycles. The van der Waals surface area contributed by atoms with E-state index in [1.165, 1.54) is 17.7 Å². The van der Waals surface area contributed by atoms with Gasteiger partial charge in [0.1, 0.15) is 5.56 Å². The highest BCUT2D eigenvalue weighted by molar-refractivity contribution is 6.05. The Morgan fingerprint density at radius 1 is 1.18 bits per heavy atom. The molecule has 0 fully saturated rings. The van der Waals surface area contributed by atoms with E-state index < -0.39 is 11.6 Å². The fourth-order valence-electron chi connectivity index (χ4n) is 2.43. The highest BCUT2D eigenvalue weighted by Crippen LogP contribution is 2.22. The molecule has 6 nitrogen and oxygen atoms in total. The van der Waals surface area contributed by atoms with Crippen LogP contribution in [0, 0.1) is 0 Å². The molecule has 112 valence electrons. The molecule has 0 aliphatic rings. The van der Waals surface area contributed by atoms with Gasteiger partial charge in [-0.25, -0.2) is 9.59 Å². The first-order chi connectivity index (χ1) is 10.5. The number of carbonyl (C=O) groups is 1. The van der Waals surface area contributed by atoms with Crippen molar-refractivity contribution in [1.82, 2.24) is 4.57 Å². The molecular formula is C16H13NO5. The van der Waals surface area contributed by atoms with Crippen LogP contribution in [-0.2, 0) is 11.8 Å². The fourth-order valence-corrected chi connectivity index (χ4v) is 2.43. The molecule has 0 bridgehead atoms. The van der Waals surface area contributed by atoms with Crippen molar-refractivity contribution >= 4 is 27.8 Å². The van der Waals surface area contributed by atoms with Gasteiger partial charge in [0.15, 0.2) is 0 Å². The zero-order valence-electron chi connectivity index (χ0n) is 12.1. The van der Waals surface area contributed by atoms with E-state index in [9.17, 15) is 14.4 Å². The van der Waals surface area contributed by atoms with E-state index in [1.807, 2.05) is 0 Å². The lowest BCUT2D eigenvalue weighted by molar-refractivity contribution is 0.0521. The molecule has 0 unspecified atom stereocenters. The summed E-state index contributed by atoms with van der Waals surface area (Å²) in [6.07, 6.45) is 0. The number of nitrogens with zero attached hydrogens (tertiary/aromatic N) is 1. The molecule has 6 heteroatoms. The molecule has 0 N–H and O–H groups in total. The maximum atomic E-state index is 12.3. The van der Waals surface area contributed by atoms with Crippen molar-refractivity contribution < 1.29 is 13.9 Å². The van der Waals surface area contributed by atoms with Crippen LogP contribution in [0.5, 0.6) is 0 Å². The molecule has 3 rings (SSSR count). The summed E-state index contributed by atoms with van der Waals surface area (Å²) < 4.78 is 11.3. The lowest BCUT2D eigenvalue weighted by atomic mass is 10.1. The van der Waals surface area contributed by atoms with Crippen molar-refractivity contribution in [1.29, 1.82) is 0 Å². The van der Waals surface area contributed by atoms with Crippen molar-refractivity contribution in [3.05, 3.63) is 56.7 Å². The van der Waals surface area contributed by atoms with E-state index in [4.69, 9.17) is 9.15 Å². The fraction of sp³-hybridized carbons (Fsp3) is 0.188. The third-order valence-electron chi connectivity index (χ3n) is 3.48. The van der Waals surface area contributed by atoms with Crippen LogP contribution in [0.4, 0.5) is 0 Å². The van der Waals surface area contributed by atoms with Gasteiger partial charge in [0.2, 0.25) is 5.71 Å². The average molecular weight is 299 g/mol. The van der Waals surface area contributed by atoms with Crippen LogP contribution in [0.25, 0.3) is 21.9 Å². The molecule has 2 aromatic heterocycles. The van der Waals surface area contributed by atoms with Crippen molar-refractivity contribution in [3.8, 4) is 0 Å². The monoisotopic (exact) mass is 299 g/mol. The van der Waals surface area contributed by atoms with E-state index in [-0.39, 0.29) is 23.4 Å². The number of hydrogen-bond donors (Lipinski definition) is 0. The van der Waals surface area contributed by atoms with Crippen LogP contribution < -0.4 is 11.2 Å². The third-order valence-corrected chi connectivity index (χ3v) is 3.48. The van der Waals surface area contributed by atoms with Crippen molar-refractivity contribution in [2.45, 2.75) is 6.92 Å². The van der Waals surface area contributed by atoms with E-state index in [1.54, 1.807) is 31.2 Å². The smallest absolute Gasteiger partial charge is 0.352 e. The molecule has 3 aromatic rings. The summed E-state index contributed by atoms with van der Waals surface area (Å²) in [6.45, 7) is 1.81. The molecule has 0 saturated heterocycles. The van der Waals surface area contributed by atoms with Crippen LogP contribution in [0.1, 0.15) is 17.3 Å². The molecular weight excluding hydrogens is 286 g/mol. The Balaban J connectivity index is 2.48. The van der Waals surface area contributed by atoms with Gasteiger partial charge in [0.05, 0.1) is 6.61 Å². The summed E-state index contributed by atoms with van der Waals surface area (Å²) in [4.78, 5) is 36.1. The first-order valence-electron chi connectivity index (χ1n) is 6.77. The van der Waals surface area contributed by atoms with Gasteiger partial charge in [-0.2, -0.15) is 0 Å². The number of rotatable bonds is 2. The highest BCUT2D eigenvalue weighted by Gasteiger charge is 2.18. The number of ether oxygens (including phenoxy) is 1. The molecule has 1 aromatic carbocycles. The first-order valence-corrected chi connectivity index (χ1v) is 6.77. The Hall–Kier alpha value is -2.89. The number of esters is 1. The summed E-state index contributed by atoms with van der Waals surface area (Å²) in [5.74, 6) is -0.740. The summed E-state index contributed by atoms with van der Waals surface area (Å²) in [6, 6.07) is 8.37. The summed E-state index contributed by atoms with van der Waals surface area (Å²) in [5.41, 5.74) is -1.15. The summed E-state index contributed by atoms with van der Waals surface area (Å²) in [7, 11) is 1.52. The normalized spacial score (nSPS) is 11.0. The van der Waals surface area contributed by atoms with E-state index in [2.05, 4.69) is 0 Å². The van der Waals surface area contributed by atoms with Gasteiger partial charge in [-0.3, -0.25) is 9.36 Å². The molecule has 0 atom stereocenters. The van der Waals surface area contributed by atoms with E-state index in [0.717, 1.165) is 0 Å². The minimum atomic E-state index is -0.823. The molecule has 0 amide bonds. The maximum Gasteiger partial charge on any atom is 0.352 e. The quantitative estimate of drug-likeness (QED) is 0.533. The van der Waals surface area contributed by atoms with E-state index >= 15 is 0 Å². The standard InChI is InChI=1S/C16H13NO5/c1-3-21-15(19)12-8-11-9-6-4-5-7-10(9)13(18)17(2)14(11)22-16(12)20/h4-8H,3H2,1-2H3. The minimum absolute atomic E-state index is 0.127. The second kappa shape index (κ2) is 5.14. The van der Waals surface area contributed by atoms with Crippen molar-refractivity contribution in [2.24, 2.45) is 7.05 Å². The Bertz CT molecular complexity index is 1010. The molecule has 0 aliphatic heterocycles. The lowest BCUT2D eigenvalue weighted by Crippen LogP contribution is -2.21. The number of hydrogen-bond acceptors (Lipinski definition) is 5. The van der Waals surface area contributed by atoms with Crippen LogP contribution in [-0.4, -0.2) is 17.1 Å². The average Bonchev–Trinajstić information content (AvgIpc) is 2.52. The van der Waals surface area contributed by atoms with E-state index in [0.29, 0.717) is 16.2 Å². The predicted molar refractivity (Wildman–Crippen MR) is 81.2 cm³/mol. The summed E-state index contributed by atoms with van der Waals surface area (Å²) in [5, 5.41) is 1.62. The SMILES string of the molecule is CCOC(=O)c1cc2c3ccccc3c(=O)n(C)c2oc1=O. The Labute approximate surface area is 124 Å². The third kappa shape index (κ3) is 2.00. The van der Waals surface area contributed by atoms with Gasteiger partial charge in [-0.05, 0) is 24.4 Å². The maximum absolute atomic E-state index is 12.3. The zero-order chi connectivity index (χ0) is 15.9. The minimum Gasteiger partial charge on any atom is -0.462 e. The van der Waals surface area contributed by atoms with Gasteiger partial charge < -0.3 is 9.15 Å². The van der Waals surface area contributed by atoms with Gasteiger partial charge in [0.25, 0.3) is 5.56 Å². The van der Waals surface area contributed by atoms with Gasteiger partial charge in [0, 0.05) is 17.8 Å². The van der Waals surface area contributed by atoms with Gasteiger partial charge in [-0.15, -0.1) is 0 Å². The van der Waals surface area contributed by atoms with Crippen LogP contribution in [0.15, 0.2) is 44.3 Å². The summed E-state index contributed by atoms with van der Waals surface area (Å²) >= 11 is 0. The molecule has 0 radical (unpaired) electrons. The number of fused-ring (bicyclic) bond motifs is 3. The number of carbonyl (C=O) groups excluding carboxylic acids is 1. The second-order valence-electron chi connectivity index (χ2n) is 4.80. The molecule has 0 saturated carbocycles. The number of benzene rings is 1. The van der Waals surface area contributed by atoms with Crippen molar-refractivity contribution in [2.75, 3.05) is 6.61 Å². The number of aryl methyl sites for hydroxylation is 1. The van der Waals surface area contributed by atoms with Crippen LogP contribution in [0.2, 0.25) is 0 Å². The lowest BCUT2D eigenvalue weighted by Gasteiger charge is -2.08. The van der Waals surface area contributed by atoms with Crippen LogP contribution >= 0.6 is 0 Å². The van der Waals surface area contributed by atoms with Crippen LogP contribution in [0.3, 0.4) is 0 Å². The number of aromatic nitrogens is 1. The zero-order valence-corrected chi connectivity index (χ0v) is 12.1. The predicted octanol–water partition coefficient (Wildman–Crippen LogP) is 1.82. The Morgan fingerprint density at radius 2 is 1.86 bits per heavy atom. The Morgan fingerprint density at radius 3 is 2.55 bits per heavy atom. The van der Waals surface area contributed by atoms with Gasteiger partial charge in [-0.1, -0.05) is 18.2 Å². The molecule has 0 spiro atoms. The largest absolute Gasteiger partial charge is 0.462 e. The second-order valence-corrected chi connectivity index (χ2v) is 4.80.